The molecule has 0 aromatic carbocycles. The summed E-state index contributed by atoms with van der Waals surface area (Å²) in [6, 6.07) is 0. The summed E-state index contributed by atoms with van der Waals surface area (Å²) in [5, 5.41) is 3.63. The lowest BCUT2D eigenvalue weighted by molar-refractivity contribution is 0.435. The van der Waals surface area contributed by atoms with Crippen LogP contribution in [0.2, 0.25) is 0 Å². The first-order chi connectivity index (χ1) is 4.46. The van der Waals surface area contributed by atoms with Crippen LogP contribution < -0.4 is 5.32 Å². The van der Waals surface area contributed by atoms with Gasteiger partial charge < -0.3 is 10.2 Å². The van der Waals surface area contributed by atoms with Crippen LogP contribution in [0, 0.1) is 0 Å². The van der Waals surface area contributed by atoms with Crippen molar-refractivity contribution in [3.05, 3.63) is 12.3 Å². The summed E-state index contributed by atoms with van der Waals surface area (Å²) in [6.45, 7) is 5.74. The van der Waals surface area contributed by atoms with Crippen LogP contribution in [0.3, 0.4) is 0 Å². The summed E-state index contributed by atoms with van der Waals surface area (Å²) in [6.07, 6.45) is 0. The monoisotopic (exact) mass is 174 g/mol. The van der Waals surface area contributed by atoms with Crippen LogP contribution >= 0.6 is 24.8 Å². The largest absolute Gasteiger partial charge is 0.334 e. The summed E-state index contributed by atoms with van der Waals surface area (Å²) >= 11 is 9.35. The van der Waals surface area contributed by atoms with E-state index < -0.39 is 0 Å². The van der Waals surface area contributed by atoms with Crippen LogP contribution in [0.25, 0.3) is 0 Å². The molecule has 1 fully saturated rings. The molecule has 1 N–H and O–H groups in total. The molecule has 1 rings (SSSR count). The van der Waals surface area contributed by atoms with Gasteiger partial charge in [-0.1, -0.05) is 6.58 Å². The quantitative estimate of drug-likeness (QED) is 0.420. The Balaban J connectivity index is 2.96. The molecule has 0 saturated carbocycles. The van der Waals surface area contributed by atoms with Crippen LogP contribution in [0.5, 0.6) is 0 Å². The van der Waals surface area contributed by atoms with E-state index in [1.54, 1.807) is 0 Å². The Morgan fingerprint density at radius 1 is 1.80 bits per heavy atom. The third-order valence-corrected chi connectivity index (χ3v) is 2.73. The van der Waals surface area contributed by atoms with E-state index in [0.29, 0.717) is 5.11 Å². The molecular formula is C6H10N2S2. The topological polar surface area (TPSA) is 15.3 Å². The van der Waals surface area contributed by atoms with Crippen molar-refractivity contribution < 1.29 is 0 Å². The average molecular weight is 174 g/mol. The highest BCUT2D eigenvalue weighted by Crippen LogP contribution is 2.29. The highest BCUT2D eigenvalue weighted by Gasteiger charge is 2.36. The number of nitrogens with one attached hydrogen (secondary N) is 1. The van der Waals surface area contributed by atoms with Gasteiger partial charge in [0.2, 0.25) is 0 Å². The van der Waals surface area contributed by atoms with E-state index in [1.807, 2.05) is 18.9 Å². The molecular weight excluding hydrogens is 164 g/mol. The molecule has 0 radical (unpaired) electrons. The zero-order valence-corrected chi connectivity index (χ0v) is 7.72. The highest BCUT2D eigenvalue weighted by molar-refractivity contribution is 7.82. The van der Waals surface area contributed by atoms with Crippen molar-refractivity contribution in [1.29, 1.82) is 0 Å². The second-order valence-corrected chi connectivity index (χ2v) is 3.75. The summed E-state index contributed by atoms with van der Waals surface area (Å²) < 4.78 is 0. The van der Waals surface area contributed by atoms with Crippen molar-refractivity contribution in [2.45, 2.75) is 11.8 Å². The number of likely N-dealkylation sites (N-methyl/N-ethyl adjacent to an activating group) is 1. The number of hydrogen-bond donors (Lipinski definition) is 2. The van der Waals surface area contributed by atoms with Gasteiger partial charge >= 0.3 is 0 Å². The highest BCUT2D eigenvalue weighted by atomic mass is 32.1. The number of thiol groups is 1. The van der Waals surface area contributed by atoms with Gasteiger partial charge in [-0.05, 0) is 19.1 Å². The SMILES string of the molecule is C=C1NC(=S)N(C)C1(C)S. The van der Waals surface area contributed by atoms with E-state index >= 15 is 0 Å². The van der Waals surface area contributed by atoms with Gasteiger partial charge in [0.1, 0.15) is 4.87 Å². The van der Waals surface area contributed by atoms with Crippen molar-refractivity contribution in [2.24, 2.45) is 0 Å². The molecule has 4 heteroatoms. The molecule has 0 aromatic rings. The van der Waals surface area contributed by atoms with E-state index in [2.05, 4.69) is 24.5 Å². The molecule has 1 heterocycles. The predicted octanol–water partition coefficient (Wildman–Crippen LogP) is 0.966. The fourth-order valence-electron chi connectivity index (χ4n) is 0.732. The van der Waals surface area contributed by atoms with Gasteiger partial charge in [0.25, 0.3) is 0 Å². The fourth-order valence-corrected chi connectivity index (χ4v) is 1.26. The maximum absolute atomic E-state index is 4.97. The Morgan fingerprint density at radius 3 is 2.40 bits per heavy atom. The number of nitrogens with zero attached hydrogens (tertiary/aromatic N) is 1. The lowest BCUT2D eigenvalue weighted by Gasteiger charge is -2.26. The standard InChI is InChI=1S/C6H10N2S2/c1-4-6(2,10)8(3)5(9)7-4/h10H,1H2,2-3H3,(H,7,9). The van der Waals surface area contributed by atoms with E-state index in [1.165, 1.54) is 0 Å². The van der Waals surface area contributed by atoms with Crippen molar-refractivity contribution >= 4 is 30.0 Å². The van der Waals surface area contributed by atoms with E-state index in [-0.39, 0.29) is 4.87 Å². The maximum atomic E-state index is 4.97. The first-order valence-corrected chi connectivity index (χ1v) is 3.78. The second kappa shape index (κ2) is 2.13. The van der Waals surface area contributed by atoms with Crippen LogP contribution in [0.15, 0.2) is 12.3 Å². The first kappa shape index (κ1) is 7.88. The molecule has 56 valence electrons. The molecule has 0 amide bonds. The third kappa shape index (κ3) is 0.914. The Hall–Kier alpha value is -0.220. The second-order valence-electron chi connectivity index (χ2n) is 2.49. The Labute approximate surface area is 71.7 Å². The van der Waals surface area contributed by atoms with E-state index in [0.717, 1.165) is 5.70 Å². The fraction of sp³-hybridized carbons (Fsp3) is 0.500. The summed E-state index contributed by atoms with van der Waals surface area (Å²) in [7, 11) is 1.89. The molecule has 0 aliphatic carbocycles. The molecule has 0 aromatic heterocycles. The van der Waals surface area contributed by atoms with Gasteiger partial charge in [-0.2, -0.15) is 0 Å². The molecule has 1 aliphatic heterocycles. The number of thiocarbonyl (C=S) groups is 1. The van der Waals surface area contributed by atoms with E-state index in [9.17, 15) is 0 Å². The normalized spacial score (nSPS) is 32.9. The molecule has 2 nitrogen and oxygen atoms in total. The van der Waals surface area contributed by atoms with Gasteiger partial charge in [0.05, 0.1) is 0 Å². The van der Waals surface area contributed by atoms with Crippen LogP contribution in [-0.4, -0.2) is 21.9 Å². The zero-order valence-electron chi connectivity index (χ0n) is 6.01. The summed E-state index contributed by atoms with van der Waals surface area (Å²) in [5.41, 5.74) is 0.836. The van der Waals surface area contributed by atoms with Gasteiger partial charge in [0.15, 0.2) is 5.11 Å². The van der Waals surface area contributed by atoms with Crippen molar-refractivity contribution in [3.8, 4) is 0 Å². The molecule has 0 bridgehead atoms. The lowest BCUT2D eigenvalue weighted by Crippen LogP contribution is -2.35. The maximum Gasteiger partial charge on any atom is 0.174 e. The lowest BCUT2D eigenvalue weighted by atomic mass is 10.3. The molecule has 1 unspecified atom stereocenters. The molecule has 0 spiro atoms. The van der Waals surface area contributed by atoms with E-state index in [4.69, 9.17) is 12.2 Å². The van der Waals surface area contributed by atoms with Crippen molar-refractivity contribution in [2.75, 3.05) is 7.05 Å². The number of rotatable bonds is 0. The minimum absolute atomic E-state index is 0.336. The van der Waals surface area contributed by atoms with Gasteiger partial charge in [0, 0.05) is 12.7 Å². The van der Waals surface area contributed by atoms with Crippen molar-refractivity contribution in [3.63, 3.8) is 0 Å². The third-order valence-electron chi connectivity index (χ3n) is 1.79. The smallest absolute Gasteiger partial charge is 0.174 e. The van der Waals surface area contributed by atoms with Crippen LogP contribution in [0.4, 0.5) is 0 Å². The summed E-state index contributed by atoms with van der Waals surface area (Å²) in [4.78, 5) is 1.53. The predicted molar refractivity (Wildman–Crippen MR) is 50.0 cm³/mol. The van der Waals surface area contributed by atoms with Crippen LogP contribution in [0.1, 0.15) is 6.92 Å². The minimum Gasteiger partial charge on any atom is -0.334 e. The number of hydrogen-bond acceptors (Lipinski definition) is 2. The van der Waals surface area contributed by atoms with Crippen molar-refractivity contribution in [1.82, 2.24) is 10.2 Å². The van der Waals surface area contributed by atoms with Gasteiger partial charge in [-0.25, -0.2) is 0 Å². The Bertz CT molecular complexity index is 198. The van der Waals surface area contributed by atoms with Crippen LogP contribution in [-0.2, 0) is 0 Å². The summed E-state index contributed by atoms with van der Waals surface area (Å²) in [5.74, 6) is 0. The van der Waals surface area contributed by atoms with Gasteiger partial charge in [-0.3, -0.25) is 0 Å². The first-order valence-electron chi connectivity index (χ1n) is 2.93. The Morgan fingerprint density at radius 2 is 2.30 bits per heavy atom. The molecule has 10 heavy (non-hydrogen) atoms. The average Bonchev–Trinajstić information content (AvgIpc) is 1.97. The zero-order chi connectivity index (χ0) is 7.94. The molecule has 1 saturated heterocycles. The molecule has 1 aliphatic rings. The Kier molecular flexibility index (Phi) is 1.68. The van der Waals surface area contributed by atoms with Gasteiger partial charge in [-0.15, -0.1) is 12.6 Å². The minimum atomic E-state index is -0.336. The molecule has 1 atom stereocenters.